The Morgan fingerprint density at radius 2 is 2.20 bits per heavy atom. The molecule has 0 aromatic rings. The molecule has 0 heterocycles. The van der Waals surface area contributed by atoms with Gasteiger partial charge in [-0.05, 0) is 6.42 Å². The van der Waals surface area contributed by atoms with E-state index in [2.05, 4.69) is 0 Å². The van der Waals surface area contributed by atoms with E-state index in [0.717, 1.165) is 0 Å². The van der Waals surface area contributed by atoms with E-state index >= 15 is 0 Å². The summed E-state index contributed by atoms with van der Waals surface area (Å²) in [6, 6.07) is 0. The molecule has 60 valence electrons. The SMILES string of the molecule is CCC(CCl)C(O)C(=O)O. The van der Waals surface area contributed by atoms with E-state index < -0.39 is 12.1 Å². The predicted molar refractivity (Wildman–Crippen MR) is 38.1 cm³/mol. The van der Waals surface area contributed by atoms with Crippen molar-refractivity contribution in [1.29, 1.82) is 0 Å². The van der Waals surface area contributed by atoms with Crippen LogP contribution in [0.1, 0.15) is 13.3 Å². The molecule has 0 bridgehead atoms. The Morgan fingerprint density at radius 3 is 2.30 bits per heavy atom. The van der Waals surface area contributed by atoms with Gasteiger partial charge in [0.1, 0.15) is 0 Å². The van der Waals surface area contributed by atoms with Crippen LogP contribution in [0, 0.1) is 5.92 Å². The van der Waals surface area contributed by atoms with Crippen molar-refractivity contribution in [2.45, 2.75) is 19.4 Å². The van der Waals surface area contributed by atoms with Crippen molar-refractivity contribution in [2.24, 2.45) is 5.92 Å². The molecule has 0 aliphatic rings. The number of aliphatic carboxylic acids is 1. The Kier molecular flexibility index (Phi) is 4.40. The first kappa shape index (κ1) is 9.72. The van der Waals surface area contributed by atoms with Gasteiger partial charge in [-0.15, -0.1) is 11.6 Å². The minimum Gasteiger partial charge on any atom is -0.479 e. The third-order valence-electron chi connectivity index (χ3n) is 1.42. The van der Waals surface area contributed by atoms with Crippen LogP contribution in [0.25, 0.3) is 0 Å². The molecule has 0 spiro atoms. The van der Waals surface area contributed by atoms with E-state index in [1.807, 2.05) is 0 Å². The van der Waals surface area contributed by atoms with Crippen LogP contribution in [-0.4, -0.2) is 28.2 Å². The molecule has 0 aliphatic heterocycles. The number of halogens is 1. The van der Waals surface area contributed by atoms with Crippen molar-refractivity contribution in [3.8, 4) is 0 Å². The zero-order valence-corrected chi connectivity index (χ0v) is 6.51. The molecule has 10 heavy (non-hydrogen) atoms. The van der Waals surface area contributed by atoms with Gasteiger partial charge in [-0.2, -0.15) is 0 Å². The van der Waals surface area contributed by atoms with Crippen LogP contribution in [-0.2, 0) is 4.79 Å². The molecule has 2 atom stereocenters. The first-order chi connectivity index (χ1) is 4.63. The van der Waals surface area contributed by atoms with Crippen molar-refractivity contribution in [3.63, 3.8) is 0 Å². The van der Waals surface area contributed by atoms with E-state index in [1.54, 1.807) is 6.92 Å². The lowest BCUT2D eigenvalue weighted by Gasteiger charge is -2.13. The van der Waals surface area contributed by atoms with Crippen LogP contribution in [0.5, 0.6) is 0 Å². The number of carbonyl (C=O) groups is 1. The molecule has 0 aromatic heterocycles. The second-order valence-corrected chi connectivity index (χ2v) is 2.41. The van der Waals surface area contributed by atoms with Crippen LogP contribution in [0.15, 0.2) is 0 Å². The molecule has 0 amide bonds. The van der Waals surface area contributed by atoms with Crippen LogP contribution >= 0.6 is 11.6 Å². The number of hydrogen-bond donors (Lipinski definition) is 2. The number of carboxylic acid groups (broad SMARTS) is 1. The fourth-order valence-electron chi connectivity index (χ4n) is 0.618. The van der Waals surface area contributed by atoms with Gasteiger partial charge in [0, 0.05) is 11.8 Å². The third-order valence-corrected chi connectivity index (χ3v) is 1.82. The van der Waals surface area contributed by atoms with Crippen LogP contribution < -0.4 is 0 Å². The number of hydrogen-bond acceptors (Lipinski definition) is 2. The Morgan fingerprint density at radius 1 is 1.70 bits per heavy atom. The van der Waals surface area contributed by atoms with Gasteiger partial charge in [0.15, 0.2) is 6.10 Å². The minimum atomic E-state index is -1.32. The summed E-state index contributed by atoms with van der Waals surface area (Å²) >= 11 is 5.38. The maximum atomic E-state index is 10.1. The van der Waals surface area contributed by atoms with Gasteiger partial charge in [-0.3, -0.25) is 0 Å². The summed E-state index contributed by atoms with van der Waals surface area (Å²) in [5.74, 6) is -1.35. The van der Waals surface area contributed by atoms with Gasteiger partial charge in [0.05, 0.1) is 0 Å². The monoisotopic (exact) mass is 166 g/mol. The average Bonchev–Trinajstić information content (AvgIpc) is 1.90. The first-order valence-corrected chi connectivity index (χ1v) is 3.63. The van der Waals surface area contributed by atoms with E-state index in [-0.39, 0.29) is 11.8 Å². The lowest BCUT2D eigenvalue weighted by molar-refractivity contribution is -0.149. The summed E-state index contributed by atoms with van der Waals surface area (Å²) in [6.07, 6.45) is -0.737. The molecule has 3 nitrogen and oxygen atoms in total. The molecule has 2 N–H and O–H groups in total. The molecule has 0 saturated heterocycles. The molecule has 4 heteroatoms. The number of rotatable bonds is 4. The van der Waals surface area contributed by atoms with Crippen LogP contribution in [0.4, 0.5) is 0 Å². The van der Waals surface area contributed by atoms with Crippen molar-refractivity contribution < 1.29 is 15.0 Å². The smallest absolute Gasteiger partial charge is 0.332 e. The van der Waals surface area contributed by atoms with Gasteiger partial charge in [-0.25, -0.2) is 4.79 Å². The Hall–Kier alpha value is -0.280. The maximum Gasteiger partial charge on any atom is 0.332 e. The van der Waals surface area contributed by atoms with Crippen molar-refractivity contribution >= 4 is 17.6 Å². The highest BCUT2D eigenvalue weighted by molar-refractivity contribution is 6.18. The fourth-order valence-corrected chi connectivity index (χ4v) is 1.01. The predicted octanol–water partition coefficient (Wildman–Crippen LogP) is 0.697. The minimum absolute atomic E-state index is 0.184. The van der Waals surface area contributed by atoms with E-state index in [4.69, 9.17) is 21.8 Å². The third kappa shape index (κ3) is 2.54. The second kappa shape index (κ2) is 4.52. The summed E-state index contributed by atoms with van der Waals surface area (Å²) in [6.45, 7) is 1.79. The summed E-state index contributed by atoms with van der Waals surface area (Å²) in [5, 5.41) is 17.2. The Bertz CT molecular complexity index is 112. The second-order valence-electron chi connectivity index (χ2n) is 2.11. The number of alkyl halides is 1. The zero-order chi connectivity index (χ0) is 8.15. The van der Waals surface area contributed by atoms with Crippen LogP contribution in [0.2, 0.25) is 0 Å². The fraction of sp³-hybridized carbons (Fsp3) is 0.833. The van der Waals surface area contributed by atoms with E-state index in [1.165, 1.54) is 0 Å². The van der Waals surface area contributed by atoms with Gasteiger partial charge in [0.2, 0.25) is 0 Å². The average molecular weight is 167 g/mol. The van der Waals surface area contributed by atoms with Crippen molar-refractivity contribution in [2.75, 3.05) is 5.88 Å². The maximum absolute atomic E-state index is 10.1. The molecule has 0 radical (unpaired) electrons. The summed E-state index contributed by atoms with van der Waals surface area (Å²) in [4.78, 5) is 10.1. The largest absolute Gasteiger partial charge is 0.479 e. The standard InChI is InChI=1S/C6H11ClO3/c1-2-4(3-7)5(8)6(9)10/h4-5,8H,2-3H2,1H3,(H,9,10). The van der Waals surface area contributed by atoms with Crippen LogP contribution in [0.3, 0.4) is 0 Å². The lowest BCUT2D eigenvalue weighted by atomic mass is 10.0. The normalized spacial score (nSPS) is 16.3. The molecule has 0 aromatic carbocycles. The molecule has 0 saturated carbocycles. The summed E-state index contributed by atoms with van der Waals surface area (Å²) in [7, 11) is 0. The quantitative estimate of drug-likeness (QED) is 0.605. The van der Waals surface area contributed by atoms with Crippen molar-refractivity contribution in [1.82, 2.24) is 0 Å². The van der Waals surface area contributed by atoms with Gasteiger partial charge in [0.25, 0.3) is 0 Å². The highest BCUT2D eigenvalue weighted by atomic mass is 35.5. The van der Waals surface area contributed by atoms with Gasteiger partial charge < -0.3 is 10.2 Å². The van der Waals surface area contributed by atoms with Crippen molar-refractivity contribution in [3.05, 3.63) is 0 Å². The summed E-state index contributed by atoms with van der Waals surface area (Å²) < 4.78 is 0. The van der Waals surface area contributed by atoms with Gasteiger partial charge >= 0.3 is 5.97 Å². The highest BCUT2D eigenvalue weighted by Gasteiger charge is 2.22. The van der Waals surface area contributed by atoms with E-state index in [0.29, 0.717) is 6.42 Å². The Balaban J connectivity index is 3.88. The lowest BCUT2D eigenvalue weighted by Crippen LogP contribution is -2.29. The molecule has 0 fully saturated rings. The molecular formula is C6H11ClO3. The number of aliphatic hydroxyl groups is 1. The highest BCUT2D eigenvalue weighted by Crippen LogP contribution is 2.10. The molecule has 0 aliphatic carbocycles. The van der Waals surface area contributed by atoms with E-state index in [9.17, 15) is 4.79 Å². The molecule has 2 unspecified atom stereocenters. The number of aliphatic hydroxyl groups excluding tert-OH is 1. The summed E-state index contributed by atoms with van der Waals surface area (Å²) in [5.41, 5.74) is 0. The number of carboxylic acids is 1. The molecule has 0 rings (SSSR count). The molecular weight excluding hydrogens is 156 g/mol. The van der Waals surface area contributed by atoms with Gasteiger partial charge in [-0.1, -0.05) is 6.92 Å². The topological polar surface area (TPSA) is 57.5 Å². The Labute approximate surface area is 64.6 Å². The first-order valence-electron chi connectivity index (χ1n) is 3.10. The zero-order valence-electron chi connectivity index (χ0n) is 5.75.